The maximum absolute atomic E-state index is 12.3. The lowest BCUT2D eigenvalue weighted by molar-refractivity contribution is -0.122. The smallest absolute Gasteiger partial charge is 0.252 e. The lowest BCUT2D eigenvalue weighted by Crippen LogP contribution is -2.37. The van der Waals surface area contributed by atoms with Gasteiger partial charge < -0.3 is 15.0 Å². The molecular formula is C21H24N2O3. The van der Waals surface area contributed by atoms with Gasteiger partial charge in [0.25, 0.3) is 5.91 Å². The van der Waals surface area contributed by atoms with Crippen molar-refractivity contribution in [3.63, 3.8) is 0 Å². The Hall–Kier alpha value is -2.66. The van der Waals surface area contributed by atoms with E-state index in [1.165, 1.54) is 7.11 Å². The number of methoxy groups -OCH3 is 1. The van der Waals surface area contributed by atoms with E-state index in [9.17, 15) is 9.59 Å². The van der Waals surface area contributed by atoms with Crippen molar-refractivity contribution in [3.05, 3.63) is 59.2 Å². The van der Waals surface area contributed by atoms with E-state index in [-0.39, 0.29) is 18.4 Å². The van der Waals surface area contributed by atoms with E-state index in [1.807, 2.05) is 49.4 Å². The molecule has 2 aromatic rings. The fraction of sp³-hybridized carbons (Fsp3) is 0.333. The van der Waals surface area contributed by atoms with E-state index in [0.717, 1.165) is 40.9 Å². The van der Waals surface area contributed by atoms with E-state index >= 15 is 0 Å². The minimum atomic E-state index is -0.0429. The Kier molecular flexibility index (Phi) is 5.68. The van der Waals surface area contributed by atoms with Crippen LogP contribution in [0.4, 0.5) is 11.4 Å². The van der Waals surface area contributed by atoms with Crippen LogP contribution in [-0.2, 0) is 27.2 Å². The molecule has 2 amide bonds. The van der Waals surface area contributed by atoms with Gasteiger partial charge in [-0.05, 0) is 49.1 Å². The minimum Gasteiger partial charge on any atom is -0.375 e. The van der Waals surface area contributed by atoms with Crippen molar-refractivity contribution < 1.29 is 14.3 Å². The summed E-state index contributed by atoms with van der Waals surface area (Å²) < 4.78 is 4.96. The van der Waals surface area contributed by atoms with E-state index in [0.29, 0.717) is 13.0 Å². The standard InChI is InChI=1S/C21H24N2O3/c1-15-5-3-6-16(11-15)12-20(24)22-18-8-9-19-17(13-18)7-4-10-23(19)21(25)14-26-2/h3,5-6,8-9,11,13H,4,7,10,12,14H2,1-2H3,(H,22,24). The molecule has 0 fully saturated rings. The summed E-state index contributed by atoms with van der Waals surface area (Å²) in [6.07, 6.45) is 2.15. The number of carbonyl (C=O) groups is 2. The fourth-order valence-corrected chi connectivity index (χ4v) is 3.35. The molecule has 0 unspecified atom stereocenters. The van der Waals surface area contributed by atoms with Crippen molar-refractivity contribution in [1.29, 1.82) is 0 Å². The van der Waals surface area contributed by atoms with Gasteiger partial charge >= 0.3 is 0 Å². The first-order valence-electron chi connectivity index (χ1n) is 8.84. The van der Waals surface area contributed by atoms with Crippen molar-refractivity contribution in [2.24, 2.45) is 0 Å². The monoisotopic (exact) mass is 352 g/mol. The molecule has 0 aromatic heterocycles. The number of benzene rings is 2. The highest BCUT2D eigenvalue weighted by Crippen LogP contribution is 2.30. The van der Waals surface area contributed by atoms with Crippen LogP contribution >= 0.6 is 0 Å². The number of amides is 2. The zero-order valence-electron chi connectivity index (χ0n) is 15.2. The average molecular weight is 352 g/mol. The van der Waals surface area contributed by atoms with Crippen LogP contribution in [0.15, 0.2) is 42.5 Å². The summed E-state index contributed by atoms with van der Waals surface area (Å²) in [5.74, 6) is -0.0802. The summed E-state index contributed by atoms with van der Waals surface area (Å²) in [7, 11) is 1.52. The first kappa shape index (κ1) is 18.1. The summed E-state index contributed by atoms with van der Waals surface area (Å²) in [6, 6.07) is 13.7. The van der Waals surface area contributed by atoms with Gasteiger partial charge in [-0.3, -0.25) is 9.59 Å². The Morgan fingerprint density at radius 2 is 2.04 bits per heavy atom. The van der Waals surface area contributed by atoms with Gasteiger partial charge in [-0.15, -0.1) is 0 Å². The topological polar surface area (TPSA) is 58.6 Å². The first-order valence-corrected chi connectivity index (χ1v) is 8.84. The van der Waals surface area contributed by atoms with Gasteiger partial charge in [-0.25, -0.2) is 0 Å². The summed E-state index contributed by atoms with van der Waals surface area (Å²) in [5.41, 5.74) is 4.90. The van der Waals surface area contributed by atoms with Gasteiger partial charge in [0.15, 0.2) is 0 Å². The number of carbonyl (C=O) groups excluding carboxylic acids is 2. The maximum atomic E-state index is 12.3. The lowest BCUT2D eigenvalue weighted by Gasteiger charge is -2.29. The Labute approximate surface area is 154 Å². The number of rotatable bonds is 5. The number of nitrogens with one attached hydrogen (secondary N) is 1. The molecule has 136 valence electrons. The van der Waals surface area contributed by atoms with Gasteiger partial charge in [0.2, 0.25) is 5.91 Å². The molecule has 5 heteroatoms. The normalized spacial score (nSPS) is 13.2. The molecule has 0 aliphatic carbocycles. The summed E-state index contributed by atoms with van der Waals surface area (Å²) in [6.45, 7) is 2.80. The molecular weight excluding hydrogens is 328 g/mol. The molecule has 1 aliphatic heterocycles. The molecule has 0 saturated carbocycles. The van der Waals surface area contributed by atoms with E-state index in [1.54, 1.807) is 4.90 Å². The van der Waals surface area contributed by atoms with Crippen LogP contribution in [0, 0.1) is 6.92 Å². The van der Waals surface area contributed by atoms with E-state index < -0.39 is 0 Å². The molecule has 1 aliphatic rings. The predicted octanol–water partition coefficient (Wildman–Crippen LogP) is 3.10. The first-order chi connectivity index (χ1) is 12.6. The second kappa shape index (κ2) is 8.15. The summed E-state index contributed by atoms with van der Waals surface area (Å²) in [4.78, 5) is 26.3. The zero-order valence-corrected chi connectivity index (χ0v) is 15.2. The minimum absolute atomic E-state index is 0.0373. The molecule has 0 bridgehead atoms. The van der Waals surface area contributed by atoms with Crippen LogP contribution in [0.25, 0.3) is 0 Å². The third-order valence-electron chi connectivity index (χ3n) is 4.50. The Bertz CT molecular complexity index is 817. The number of nitrogens with zero attached hydrogens (tertiary/aromatic N) is 1. The molecule has 0 atom stereocenters. The largest absolute Gasteiger partial charge is 0.375 e. The van der Waals surface area contributed by atoms with Crippen molar-refractivity contribution in [1.82, 2.24) is 0 Å². The molecule has 5 nitrogen and oxygen atoms in total. The third kappa shape index (κ3) is 4.29. The van der Waals surface area contributed by atoms with Crippen LogP contribution in [0.2, 0.25) is 0 Å². The number of fused-ring (bicyclic) bond motifs is 1. The average Bonchev–Trinajstić information content (AvgIpc) is 2.61. The molecule has 0 radical (unpaired) electrons. The number of anilines is 2. The van der Waals surface area contributed by atoms with Crippen molar-refractivity contribution in [2.45, 2.75) is 26.2 Å². The van der Waals surface area contributed by atoms with Crippen LogP contribution in [0.3, 0.4) is 0 Å². The van der Waals surface area contributed by atoms with Crippen molar-refractivity contribution in [2.75, 3.05) is 30.5 Å². The molecule has 26 heavy (non-hydrogen) atoms. The van der Waals surface area contributed by atoms with Gasteiger partial charge in [-0.2, -0.15) is 0 Å². The lowest BCUT2D eigenvalue weighted by atomic mass is 10.0. The number of hydrogen-bond acceptors (Lipinski definition) is 3. The van der Waals surface area contributed by atoms with E-state index in [2.05, 4.69) is 5.32 Å². The fourth-order valence-electron chi connectivity index (χ4n) is 3.35. The molecule has 2 aromatic carbocycles. The molecule has 0 saturated heterocycles. The summed E-state index contributed by atoms with van der Waals surface area (Å²) >= 11 is 0. The molecule has 1 heterocycles. The van der Waals surface area contributed by atoms with Crippen LogP contribution in [0.5, 0.6) is 0 Å². The van der Waals surface area contributed by atoms with Crippen molar-refractivity contribution >= 4 is 23.2 Å². The predicted molar refractivity (Wildman–Crippen MR) is 103 cm³/mol. The highest BCUT2D eigenvalue weighted by atomic mass is 16.5. The van der Waals surface area contributed by atoms with Crippen molar-refractivity contribution in [3.8, 4) is 0 Å². The maximum Gasteiger partial charge on any atom is 0.252 e. The zero-order chi connectivity index (χ0) is 18.5. The SMILES string of the molecule is COCC(=O)N1CCCc2cc(NC(=O)Cc3cccc(C)c3)ccc21. The van der Waals surface area contributed by atoms with Gasteiger partial charge in [-0.1, -0.05) is 29.8 Å². The Balaban J connectivity index is 1.70. The summed E-state index contributed by atoms with van der Waals surface area (Å²) in [5, 5.41) is 2.96. The molecule has 3 rings (SSSR count). The number of hydrogen-bond donors (Lipinski definition) is 1. The van der Waals surface area contributed by atoms with Crippen LogP contribution in [0.1, 0.15) is 23.1 Å². The quantitative estimate of drug-likeness (QED) is 0.899. The highest BCUT2D eigenvalue weighted by molar-refractivity contribution is 5.97. The highest BCUT2D eigenvalue weighted by Gasteiger charge is 2.22. The molecule has 0 spiro atoms. The van der Waals surface area contributed by atoms with Gasteiger partial charge in [0.1, 0.15) is 6.61 Å². The van der Waals surface area contributed by atoms with Gasteiger partial charge in [0, 0.05) is 25.0 Å². The van der Waals surface area contributed by atoms with Crippen LogP contribution < -0.4 is 10.2 Å². The number of ether oxygens (including phenoxy) is 1. The molecule has 1 N–H and O–H groups in total. The second-order valence-electron chi connectivity index (χ2n) is 6.64. The number of aryl methyl sites for hydroxylation is 2. The van der Waals surface area contributed by atoms with Gasteiger partial charge in [0.05, 0.1) is 6.42 Å². The Morgan fingerprint density at radius 3 is 2.81 bits per heavy atom. The Morgan fingerprint density at radius 1 is 1.19 bits per heavy atom. The van der Waals surface area contributed by atoms with Crippen LogP contribution in [-0.4, -0.2) is 32.1 Å². The van der Waals surface area contributed by atoms with E-state index in [4.69, 9.17) is 4.74 Å². The second-order valence-corrected chi connectivity index (χ2v) is 6.64. The third-order valence-corrected chi connectivity index (χ3v) is 4.50.